The van der Waals surface area contributed by atoms with Crippen LogP contribution < -0.4 is 10.3 Å². The second-order valence-electron chi connectivity index (χ2n) is 10.4. The summed E-state index contributed by atoms with van der Waals surface area (Å²) in [5.74, 6) is 0.353. The van der Waals surface area contributed by atoms with Gasteiger partial charge in [0, 0.05) is 29.6 Å². The highest BCUT2D eigenvalue weighted by Gasteiger charge is 2.39. The van der Waals surface area contributed by atoms with Crippen molar-refractivity contribution in [3.63, 3.8) is 0 Å². The molecule has 8 nitrogen and oxygen atoms in total. The molecule has 3 aliphatic rings. The molecular formula is C30H27N3O5. The Morgan fingerprint density at radius 1 is 1.03 bits per heavy atom. The van der Waals surface area contributed by atoms with E-state index in [0.29, 0.717) is 36.5 Å². The quantitative estimate of drug-likeness (QED) is 0.370. The van der Waals surface area contributed by atoms with Gasteiger partial charge in [0.1, 0.15) is 24.7 Å². The Labute approximate surface area is 219 Å². The number of benzene rings is 2. The number of ether oxygens (including phenoxy) is 2. The van der Waals surface area contributed by atoms with Crippen molar-refractivity contribution in [3.8, 4) is 17.1 Å². The van der Waals surface area contributed by atoms with Crippen molar-refractivity contribution in [1.82, 2.24) is 14.5 Å². The number of esters is 1. The van der Waals surface area contributed by atoms with E-state index < -0.39 is 11.6 Å². The summed E-state index contributed by atoms with van der Waals surface area (Å²) >= 11 is 0. The molecule has 0 amide bonds. The molecule has 2 aromatic heterocycles. The minimum absolute atomic E-state index is 0.135. The van der Waals surface area contributed by atoms with Gasteiger partial charge in [-0.3, -0.25) is 14.5 Å². The van der Waals surface area contributed by atoms with Crippen LogP contribution in [0.3, 0.4) is 0 Å². The van der Waals surface area contributed by atoms with Gasteiger partial charge in [-0.05, 0) is 41.8 Å². The van der Waals surface area contributed by atoms with Gasteiger partial charge in [0.25, 0.3) is 5.56 Å². The third kappa shape index (κ3) is 3.55. The molecule has 192 valence electrons. The number of aromatic nitrogens is 2. The Morgan fingerprint density at radius 2 is 1.87 bits per heavy atom. The zero-order chi connectivity index (χ0) is 26.0. The third-order valence-electron chi connectivity index (χ3n) is 8.05. The standard InChI is InChI=1S/C30H27N3O5/c1-2-30(36)12-27(34)37-16-22-23(30)11-25-28-19(14-33(25)29(22)35)10-20-21-15-32(13-18-6-4-3-5-7-18)17-38-26(21)9-8-24(20)31-28/h3-11,36H,2,12-17H2,1H3. The fourth-order valence-corrected chi connectivity index (χ4v) is 5.96. The number of cyclic esters (lactones) is 1. The summed E-state index contributed by atoms with van der Waals surface area (Å²) in [7, 11) is 0. The first-order chi connectivity index (χ1) is 18.4. The number of aliphatic hydroxyl groups is 1. The molecule has 4 aromatic rings. The Balaban J connectivity index is 1.31. The summed E-state index contributed by atoms with van der Waals surface area (Å²) in [5, 5.41) is 12.3. The Morgan fingerprint density at radius 3 is 2.68 bits per heavy atom. The molecule has 38 heavy (non-hydrogen) atoms. The van der Waals surface area contributed by atoms with Crippen molar-refractivity contribution >= 4 is 16.9 Å². The molecule has 2 aromatic carbocycles. The fraction of sp³-hybridized carbons (Fsp3) is 0.300. The number of carbonyl (C=O) groups excluding carboxylic acids is 1. The first kappa shape index (κ1) is 23.1. The lowest BCUT2D eigenvalue weighted by atomic mass is 9.85. The van der Waals surface area contributed by atoms with E-state index in [-0.39, 0.29) is 18.6 Å². The van der Waals surface area contributed by atoms with Crippen LogP contribution in [0.2, 0.25) is 0 Å². The summed E-state index contributed by atoms with van der Waals surface area (Å²) in [5.41, 5.74) is 4.58. The maximum atomic E-state index is 13.6. The van der Waals surface area contributed by atoms with E-state index >= 15 is 0 Å². The Hall–Kier alpha value is -4.01. The van der Waals surface area contributed by atoms with Crippen LogP contribution in [0.4, 0.5) is 0 Å². The highest BCUT2D eigenvalue weighted by molar-refractivity contribution is 5.88. The molecule has 0 fully saturated rings. The molecule has 5 heterocycles. The summed E-state index contributed by atoms with van der Waals surface area (Å²) in [6.07, 6.45) is 0.116. The van der Waals surface area contributed by atoms with Crippen LogP contribution in [0.1, 0.15) is 47.6 Å². The van der Waals surface area contributed by atoms with Crippen LogP contribution in [0.15, 0.2) is 59.4 Å². The van der Waals surface area contributed by atoms with E-state index in [2.05, 4.69) is 23.1 Å². The monoisotopic (exact) mass is 509 g/mol. The van der Waals surface area contributed by atoms with Crippen molar-refractivity contribution < 1.29 is 19.4 Å². The van der Waals surface area contributed by atoms with Crippen molar-refractivity contribution in [2.45, 2.75) is 51.6 Å². The highest BCUT2D eigenvalue weighted by Crippen LogP contribution is 2.40. The second kappa shape index (κ2) is 8.51. The van der Waals surface area contributed by atoms with Gasteiger partial charge < -0.3 is 19.1 Å². The minimum atomic E-state index is -1.45. The van der Waals surface area contributed by atoms with E-state index in [1.165, 1.54) is 5.56 Å². The van der Waals surface area contributed by atoms with Crippen LogP contribution in [-0.2, 0) is 41.4 Å². The summed E-state index contributed by atoms with van der Waals surface area (Å²) in [4.78, 5) is 33.0. The van der Waals surface area contributed by atoms with Crippen LogP contribution in [0.25, 0.3) is 22.3 Å². The molecule has 0 bridgehead atoms. The topological polar surface area (TPSA) is 93.9 Å². The average molecular weight is 510 g/mol. The summed E-state index contributed by atoms with van der Waals surface area (Å²) in [6.45, 7) is 4.08. The molecule has 1 atom stereocenters. The zero-order valence-corrected chi connectivity index (χ0v) is 21.1. The van der Waals surface area contributed by atoms with Crippen molar-refractivity contribution in [1.29, 1.82) is 0 Å². The first-order valence-corrected chi connectivity index (χ1v) is 12.9. The molecule has 0 spiro atoms. The predicted octanol–water partition coefficient (Wildman–Crippen LogP) is 3.82. The molecule has 1 N–H and O–H groups in total. The van der Waals surface area contributed by atoms with Gasteiger partial charge in [-0.2, -0.15) is 0 Å². The maximum absolute atomic E-state index is 13.6. The van der Waals surface area contributed by atoms with Gasteiger partial charge in [-0.25, -0.2) is 4.98 Å². The molecule has 0 aliphatic carbocycles. The minimum Gasteiger partial charge on any atom is -0.478 e. The molecular weight excluding hydrogens is 482 g/mol. The van der Waals surface area contributed by atoms with Crippen molar-refractivity contribution in [2.24, 2.45) is 0 Å². The first-order valence-electron chi connectivity index (χ1n) is 12.9. The number of hydrogen-bond acceptors (Lipinski definition) is 7. The van der Waals surface area contributed by atoms with E-state index in [4.69, 9.17) is 14.5 Å². The van der Waals surface area contributed by atoms with E-state index in [1.54, 1.807) is 11.5 Å². The number of pyridine rings is 2. The summed E-state index contributed by atoms with van der Waals surface area (Å²) < 4.78 is 13.1. The lowest BCUT2D eigenvalue weighted by Gasteiger charge is -2.30. The van der Waals surface area contributed by atoms with Crippen LogP contribution in [0, 0.1) is 0 Å². The van der Waals surface area contributed by atoms with Gasteiger partial charge >= 0.3 is 5.97 Å². The van der Waals surface area contributed by atoms with E-state index in [0.717, 1.165) is 46.6 Å². The number of nitrogens with zero attached hydrogens (tertiary/aromatic N) is 3. The molecule has 1 unspecified atom stereocenters. The molecule has 8 heteroatoms. The third-order valence-corrected chi connectivity index (χ3v) is 8.05. The lowest BCUT2D eigenvalue weighted by molar-refractivity contribution is -0.149. The fourth-order valence-electron chi connectivity index (χ4n) is 5.96. The lowest BCUT2D eigenvalue weighted by Crippen LogP contribution is -2.32. The Kier molecular flexibility index (Phi) is 5.18. The Bertz CT molecular complexity index is 1680. The van der Waals surface area contributed by atoms with E-state index in [9.17, 15) is 14.7 Å². The second-order valence-corrected chi connectivity index (χ2v) is 10.4. The average Bonchev–Trinajstić information content (AvgIpc) is 3.23. The van der Waals surface area contributed by atoms with Crippen LogP contribution in [-0.4, -0.2) is 32.3 Å². The normalized spacial score (nSPS) is 20.1. The number of carbonyl (C=O) groups is 1. The van der Waals surface area contributed by atoms with Gasteiger partial charge in [0.05, 0.1) is 35.4 Å². The van der Waals surface area contributed by atoms with Crippen molar-refractivity contribution in [2.75, 3.05) is 6.73 Å². The molecule has 7 rings (SSSR count). The number of hydrogen-bond donors (Lipinski definition) is 1. The molecule has 0 radical (unpaired) electrons. The number of fused-ring (bicyclic) bond motifs is 7. The smallest absolute Gasteiger partial charge is 0.309 e. The molecule has 3 aliphatic heterocycles. The van der Waals surface area contributed by atoms with Gasteiger partial charge in [0.2, 0.25) is 0 Å². The van der Waals surface area contributed by atoms with Gasteiger partial charge in [-0.1, -0.05) is 37.3 Å². The molecule has 0 saturated carbocycles. The van der Waals surface area contributed by atoms with Crippen LogP contribution >= 0.6 is 0 Å². The number of rotatable bonds is 3. The molecule has 0 saturated heterocycles. The van der Waals surface area contributed by atoms with Gasteiger partial charge in [-0.15, -0.1) is 0 Å². The SMILES string of the molecule is CCC1(O)CC(=O)OCc2c1cc1n(c2=O)Cc2cc3c4c(ccc3nc2-1)OCN(Cc1ccccc1)C4. The largest absolute Gasteiger partial charge is 0.478 e. The predicted molar refractivity (Wildman–Crippen MR) is 140 cm³/mol. The van der Waals surface area contributed by atoms with Gasteiger partial charge in [0.15, 0.2) is 0 Å². The van der Waals surface area contributed by atoms with Crippen molar-refractivity contribution in [3.05, 3.63) is 92.8 Å². The summed E-state index contributed by atoms with van der Waals surface area (Å²) in [6, 6.07) is 18.2. The highest BCUT2D eigenvalue weighted by atomic mass is 16.5. The van der Waals surface area contributed by atoms with Crippen LogP contribution in [0.5, 0.6) is 5.75 Å². The maximum Gasteiger partial charge on any atom is 0.309 e. The zero-order valence-electron chi connectivity index (χ0n) is 21.1. The van der Waals surface area contributed by atoms with E-state index in [1.807, 2.05) is 36.4 Å².